The van der Waals surface area contributed by atoms with Gasteiger partial charge in [-0.05, 0) is 29.0 Å². The molecule has 1 heterocycles. The standard InChI is InChI=1S/C12H7NS/c13-7-2-1-3-10-4-5-11-6-8-14-12(11)9-10/h4-6,8-9H,2H2. The fourth-order valence-corrected chi connectivity index (χ4v) is 2.05. The van der Waals surface area contributed by atoms with Crippen LogP contribution in [0.4, 0.5) is 0 Å². The van der Waals surface area contributed by atoms with Crippen molar-refractivity contribution in [1.82, 2.24) is 0 Å². The minimum Gasteiger partial charge on any atom is -0.197 e. The predicted molar refractivity (Wildman–Crippen MR) is 58.9 cm³/mol. The molecule has 0 saturated carbocycles. The highest BCUT2D eigenvalue weighted by Gasteiger charge is 1.94. The zero-order valence-electron chi connectivity index (χ0n) is 7.45. The second kappa shape index (κ2) is 3.96. The summed E-state index contributed by atoms with van der Waals surface area (Å²) < 4.78 is 1.24. The lowest BCUT2D eigenvalue weighted by Gasteiger charge is -1.90. The van der Waals surface area contributed by atoms with Gasteiger partial charge in [0.05, 0.1) is 12.5 Å². The van der Waals surface area contributed by atoms with Crippen LogP contribution >= 0.6 is 11.3 Å². The van der Waals surface area contributed by atoms with E-state index in [0.717, 1.165) is 5.56 Å². The summed E-state index contributed by atoms with van der Waals surface area (Å²) in [6.07, 6.45) is 0.294. The largest absolute Gasteiger partial charge is 0.197 e. The average Bonchev–Trinajstić information content (AvgIpc) is 2.65. The predicted octanol–water partition coefficient (Wildman–Crippen LogP) is 3.17. The van der Waals surface area contributed by atoms with Gasteiger partial charge in [-0.2, -0.15) is 5.26 Å². The summed E-state index contributed by atoms with van der Waals surface area (Å²) in [6, 6.07) is 10.2. The monoisotopic (exact) mass is 197 g/mol. The van der Waals surface area contributed by atoms with Crippen molar-refractivity contribution >= 4 is 21.4 Å². The Labute approximate surface area is 86.6 Å². The maximum atomic E-state index is 8.33. The van der Waals surface area contributed by atoms with Crippen LogP contribution in [0, 0.1) is 23.2 Å². The Hall–Kier alpha value is -1.77. The summed E-state index contributed by atoms with van der Waals surface area (Å²) in [4.78, 5) is 0. The average molecular weight is 197 g/mol. The molecule has 1 aromatic heterocycles. The molecule has 66 valence electrons. The lowest BCUT2D eigenvalue weighted by Crippen LogP contribution is -1.72. The Morgan fingerprint density at radius 1 is 1.29 bits per heavy atom. The van der Waals surface area contributed by atoms with Crippen molar-refractivity contribution in [3.05, 3.63) is 35.2 Å². The molecule has 1 aromatic carbocycles. The van der Waals surface area contributed by atoms with Gasteiger partial charge in [-0.1, -0.05) is 17.9 Å². The topological polar surface area (TPSA) is 23.8 Å². The summed E-state index contributed by atoms with van der Waals surface area (Å²) in [7, 11) is 0. The Morgan fingerprint density at radius 2 is 2.21 bits per heavy atom. The van der Waals surface area contributed by atoms with Gasteiger partial charge in [-0.15, -0.1) is 11.3 Å². The highest BCUT2D eigenvalue weighted by atomic mass is 32.1. The number of hydrogen-bond acceptors (Lipinski definition) is 2. The SMILES string of the molecule is N#CCC#Cc1ccc2ccsc2c1. The number of hydrogen-bond donors (Lipinski definition) is 0. The smallest absolute Gasteiger partial charge is 0.0966 e. The molecular formula is C12H7NS. The second-order valence-corrected chi connectivity index (χ2v) is 3.76. The van der Waals surface area contributed by atoms with Crippen molar-refractivity contribution in [2.24, 2.45) is 0 Å². The molecule has 0 saturated heterocycles. The van der Waals surface area contributed by atoms with E-state index >= 15 is 0 Å². The molecule has 1 nitrogen and oxygen atoms in total. The first kappa shape index (κ1) is 8.81. The normalized spacial score (nSPS) is 9.07. The summed E-state index contributed by atoms with van der Waals surface area (Å²) in [5, 5.41) is 11.6. The van der Waals surface area contributed by atoms with Gasteiger partial charge in [0.25, 0.3) is 0 Å². The van der Waals surface area contributed by atoms with Crippen LogP contribution in [0.15, 0.2) is 29.6 Å². The number of fused-ring (bicyclic) bond motifs is 1. The maximum absolute atomic E-state index is 8.33. The molecule has 0 atom stereocenters. The summed E-state index contributed by atoms with van der Waals surface area (Å²) in [5.74, 6) is 5.76. The van der Waals surface area contributed by atoms with Gasteiger partial charge in [-0.3, -0.25) is 0 Å². The van der Waals surface area contributed by atoms with Crippen LogP contribution in [0.1, 0.15) is 12.0 Å². The molecular weight excluding hydrogens is 190 g/mol. The van der Waals surface area contributed by atoms with E-state index in [0.29, 0.717) is 6.42 Å². The van der Waals surface area contributed by atoms with Crippen molar-refractivity contribution in [2.75, 3.05) is 0 Å². The van der Waals surface area contributed by atoms with Crippen LogP contribution in [0.3, 0.4) is 0 Å². The van der Waals surface area contributed by atoms with E-state index in [4.69, 9.17) is 5.26 Å². The van der Waals surface area contributed by atoms with E-state index in [1.54, 1.807) is 11.3 Å². The second-order valence-electron chi connectivity index (χ2n) is 2.81. The van der Waals surface area contributed by atoms with Crippen LogP contribution < -0.4 is 0 Å². The van der Waals surface area contributed by atoms with Gasteiger partial charge in [0.15, 0.2) is 0 Å². The fraction of sp³-hybridized carbons (Fsp3) is 0.0833. The first-order valence-electron chi connectivity index (χ1n) is 4.23. The van der Waals surface area contributed by atoms with Gasteiger partial charge < -0.3 is 0 Å². The van der Waals surface area contributed by atoms with Crippen molar-refractivity contribution in [1.29, 1.82) is 5.26 Å². The minimum atomic E-state index is 0.294. The molecule has 0 fully saturated rings. The third-order valence-corrected chi connectivity index (χ3v) is 2.74. The van der Waals surface area contributed by atoms with Gasteiger partial charge in [0.1, 0.15) is 0 Å². The lowest BCUT2D eigenvalue weighted by molar-refractivity contribution is 1.40. The number of benzene rings is 1. The molecule has 0 unspecified atom stereocenters. The van der Waals surface area contributed by atoms with Crippen LogP contribution in [-0.4, -0.2) is 0 Å². The fourth-order valence-electron chi connectivity index (χ4n) is 1.22. The molecule has 0 radical (unpaired) electrons. The molecule has 14 heavy (non-hydrogen) atoms. The third-order valence-electron chi connectivity index (χ3n) is 1.86. The van der Waals surface area contributed by atoms with Crippen LogP contribution in [0.5, 0.6) is 0 Å². The maximum Gasteiger partial charge on any atom is 0.0966 e. The first-order valence-corrected chi connectivity index (χ1v) is 5.11. The number of nitriles is 1. The molecule has 2 aromatic rings. The molecule has 0 N–H and O–H groups in total. The molecule has 0 bridgehead atoms. The highest BCUT2D eigenvalue weighted by Crippen LogP contribution is 2.21. The van der Waals surface area contributed by atoms with Crippen LogP contribution in [-0.2, 0) is 0 Å². The van der Waals surface area contributed by atoms with Gasteiger partial charge in [0.2, 0.25) is 0 Å². The first-order chi connectivity index (χ1) is 6.90. The molecule has 0 aliphatic heterocycles. The molecule has 0 aliphatic rings. The van der Waals surface area contributed by atoms with E-state index in [1.807, 2.05) is 12.1 Å². The van der Waals surface area contributed by atoms with Crippen molar-refractivity contribution in [3.63, 3.8) is 0 Å². The quantitative estimate of drug-likeness (QED) is 0.595. The molecule has 0 amide bonds. The van der Waals surface area contributed by atoms with E-state index in [9.17, 15) is 0 Å². The number of rotatable bonds is 0. The van der Waals surface area contributed by atoms with Gasteiger partial charge in [-0.25, -0.2) is 0 Å². The van der Waals surface area contributed by atoms with Crippen molar-refractivity contribution < 1.29 is 0 Å². The third kappa shape index (κ3) is 1.76. The molecule has 2 heteroatoms. The Bertz CT molecular complexity index is 549. The van der Waals surface area contributed by atoms with Crippen LogP contribution in [0.2, 0.25) is 0 Å². The van der Waals surface area contributed by atoms with E-state index < -0.39 is 0 Å². The summed E-state index contributed by atoms with van der Waals surface area (Å²) in [6.45, 7) is 0. The Morgan fingerprint density at radius 3 is 3.07 bits per heavy atom. The lowest BCUT2D eigenvalue weighted by atomic mass is 10.2. The highest BCUT2D eigenvalue weighted by molar-refractivity contribution is 7.17. The van der Waals surface area contributed by atoms with Gasteiger partial charge in [0, 0.05) is 10.3 Å². The van der Waals surface area contributed by atoms with E-state index in [1.165, 1.54) is 10.1 Å². The van der Waals surface area contributed by atoms with Gasteiger partial charge >= 0.3 is 0 Å². The van der Waals surface area contributed by atoms with Crippen LogP contribution in [0.25, 0.3) is 10.1 Å². The molecule has 2 rings (SSSR count). The minimum absolute atomic E-state index is 0.294. The number of nitrogens with zero attached hydrogens (tertiary/aromatic N) is 1. The van der Waals surface area contributed by atoms with Crippen molar-refractivity contribution in [2.45, 2.75) is 6.42 Å². The molecule has 0 aliphatic carbocycles. The van der Waals surface area contributed by atoms with E-state index in [2.05, 4.69) is 35.4 Å². The summed E-state index contributed by atoms with van der Waals surface area (Å²) in [5.41, 5.74) is 0.982. The number of thiophene rings is 1. The zero-order valence-corrected chi connectivity index (χ0v) is 8.27. The zero-order chi connectivity index (χ0) is 9.80. The molecule has 0 spiro atoms. The Balaban J connectivity index is 2.37. The summed E-state index contributed by atoms with van der Waals surface area (Å²) >= 11 is 1.71. The van der Waals surface area contributed by atoms with Crippen molar-refractivity contribution in [3.8, 4) is 17.9 Å². The Kier molecular flexibility index (Phi) is 2.49. The van der Waals surface area contributed by atoms with E-state index in [-0.39, 0.29) is 0 Å².